The molecular weight excluding hydrogens is 543 g/mol. The molecule has 10 heteroatoms. The highest BCUT2D eigenvalue weighted by Crippen LogP contribution is 2.45. The number of likely N-dealkylation sites (N-methyl/N-ethyl adjacent to an activating group) is 1. The number of nitrogens with one attached hydrogen (secondary N) is 1. The lowest BCUT2D eigenvalue weighted by Gasteiger charge is -2.32. The molecule has 0 radical (unpaired) electrons. The molecule has 3 N–H and O–H groups in total. The first kappa shape index (κ1) is 30.0. The van der Waals surface area contributed by atoms with Crippen molar-refractivity contribution in [3.05, 3.63) is 40.5 Å². The van der Waals surface area contributed by atoms with E-state index in [0.29, 0.717) is 35.7 Å². The molecule has 5 rings (SSSR count). The minimum absolute atomic E-state index is 0.0500. The molecule has 8 nitrogen and oxygen atoms in total. The monoisotopic (exact) mass is 588 g/mol. The Morgan fingerprint density at radius 3 is 2.51 bits per heavy atom. The molecule has 2 aliphatic carbocycles. The van der Waals surface area contributed by atoms with Crippen LogP contribution < -0.4 is 11.1 Å². The van der Waals surface area contributed by atoms with E-state index in [2.05, 4.69) is 24.1 Å². The number of halogens is 1. The number of nitrogens with two attached hydrogens (primary N) is 1. The van der Waals surface area contributed by atoms with Gasteiger partial charge in [-0.15, -0.1) is 0 Å². The van der Waals surface area contributed by atoms with Gasteiger partial charge < -0.3 is 25.3 Å². The van der Waals surface area contributed by atoms with E-state index in [4.69, 9.17) is 10.5 Å². The van der Waals surface area contributed by atoms with Gasteiger partial charge in [0.15, 0.2) is 9.84 Å². The summed E-state index contributed by atoms with van der Waals surface area (Å²) < 4.78 is 50.5. The third-order valence-corrected chi connectivity index (χ3v) is 11.3. The van der Waals surface area contributed by atoms with Crippen LogP contribution in [0, 0.1) is 11.2 Å². The van der Waals surface area contributed by atoms with Gasteiger partial charge in [-0.2, -0.15) is 0 Å². The third-order valence-electron chi connectivity index (χ3n) is 9.07. The van der Waals surface area contributed by atoms with E-state index in [1.165, 1.54) is 6.07 Å². The summed E-state index contributed by atoms with van der Waals surface area (Å²) in [6, 6.07) is 3.16. The summed E-state index contributed by atoms with van der Waals surface area (Å²) >= 11 is 0. The van der Waals surface area contributed by atoms with Crippen molar-refractivity contribution >= 4 is 21.4 Å². The zero-order chi connectivity index (χ0) is 29.5. The number of sulfone groups is 1. The van der Waals surface area contributed by atoms with E-state index >= 15 is 4.39 Å². The Hall–Kier alpha value is -2.43. The SMILES string of the molecule is CCN(CC)CCOC1CCC(Nc2cc(-n3c4c(c5c3CC(C)(C)CS5(=O)=O)CCC4)cc(F)c2C(N)=O)CC1. The minimum Gasteiger partial charge on any atom is -0.382 e. The second-order valence-corrected chi connectivity index (χ2v) is 14.6. The molecular formula is C31H45FN4O4S. The van der Waals surface area contributed by atoms with E-state index in [1.54, 1.807) is 6.07 Å². The molecule has 0 saturated heterocycles. The lowest BCUT2D eigenvalue weighted by atomic mass is 9.89. The Bertz CT molecular complexity index is 1410. The van der Waals surface area contributed by atoms with Crippen LogP contribution >= 0.6 is 0 Å². The van der Waals surface area contributed by atoms with E-state index < -0.39 is 27.0 Å². The van der Waals surface area contributed by atoms with Crippen molar-refractivity contribution in [3.8, 4) is 5.69 Å². The Morgan fingerprint density at radius 1 is 1.15 bits per heavy atom. The number of aromatic nitrogens is 1. The lowest BCUT2D eigenvalue weighted by molar-refractivity contribution is 0.0156. The Balaban J connectivity index is 1.42. The van der Waals surface area contributed by atoms with Crippen molar-refractivity contribution in [1.29, 1.82) is 0 Å². The summed E-state index contributed by atoms with van der Waals surface area (Å²) in [6.07, 6.45) is 6.52. The van der Waals surface area contributed by atoms with Crippen LogP contribution in [0.25, 0.3) is 5.69 Å². The average molecular weight is 589 g/mol. The average Bonchev–Trinajstić information content (AvgIpc) is 3.46. The van der Waals surface area contributed by atoms with E-state index in [-0.39, 0.29) is 23.5 Å². The Morgan fingerprint density at radius 2 is 1.85 bits per heavy atom. The van der Waals surface area contributed by atoms with Gasteiger partial charge in [-0.1, -0.05) is 27.7 Å². The van der Waals surface area contributed by atoms with Crippen LogP contribution in [-0.2, 0) is 33.8 Å². The van der Waals surface area contributed by atoms with Crippen LogP contribution in [0.2, 0.25) is 0 Å². The summed E-state index contributed by atoms with van der Waals surface area (Å²) in [5.74, 6) is -1.42. The number of anilines is 1. The quantitative estimate of drug-likeness (QED) is 0.419. The van der Waals surface area contributed by atoms with Crippen molar-refractivity contribution in [2.75, 3.05) is 37.3 Å². The number of carbonyl (C=O) groups excluding carboxylic acids is 1. The van der Waals surface area contributed by atoms with Crippen molar-refractivity contribution < 1.29 is 22.3 Å². The predicted molar refractivity (Wildman–Crippen MR) is 159 cm³/mol. The van der Waals surface area contributed by atoms with Gasteiger partial charge in [0, 0.05) is 24.0 Å². The number of primary amides is 1. The fourth-order valence-electron chi connectivity index (χ4n) is 7.15. The third kappa shape index (κ3) is 6.06. The molecule has 2 aromatic rings. The Kier molecular flexibility index (Phi) is 8.56. The first-order valence-electron chi connectivity index (χ1n) is 15.2. The molecule has 1 fully saturated rings. The molecule has 0 atom stereocenters. The van der Waals surface area contributed by atoms with Crippen LogP contribution in [0.3, 0.4) is 0 Å². The second kappa shape index (κ2) is 11.7. The van der Waals surface area contributed by atoms with Crippen LogP contribution in [0.15, 0.2) is 17.0 Å². The summed E-state index contributed by atoms with van der Waals surface area (Å²) in [7, 11) is -3.47. The second-order valence-electron chi connectivity index (χ2n) is 12.7. The number of rotatable bonds is 10. The van der Waals surface area contributed by atoms with Gasteiger partial charge in [-0.3, -0.25) is 4.79 Å². The number of amides is 1. The molecule has 1 aromatic heterocycles. The normalized spacial score (nSPS) is 22.9. The zero-order valence-corrected chi connectivity index (χ0v) is 25.7. The van der Waals surface area contributed by atoms with Gasteiger partial charge in [0.25, 0.3) is 5.91 Å². The molecule has 1 amide bonds. The number of fused-ring (bicyclic) bond motifs is 3. The minimum atomic E-state index is -3.47. The number of ether oxygens (including phenoxy) is 1. The van der Waals surface area contributed by atoms with Crippen molar-refractivity contribution in [2.45, 2.75) is 96.1 Å². The molecule has 0 bridgehead atoms. The fraction of sp³-hybridized carbons (Fsp3) is 0.645. The zero-order valence-electron chi connectivity index (χ0n) is 24.9. The number of nitrogens with zero attached hydrogens (tertiary/aromatic N) is 2. The lowest BCUT2D eigenvalue weighted by Crippen LogP contribution is -2.33. The van der Waals surface area contributed by atoms with Gasteiger partial charge in [0.1, 0.15) is 5.82 Å². The van der Waals surface area contributed by atoms with Crippen molar-refractivity contribution in [2.24, 2.45) is 11.1 Å². The Labute approximate surface area is 243 Å². The molecule has 1 saturated carbocycles. The fourth-order valence-corrected chi connectivity index (χ4v) is 9.55. The van der Waals surface area contributed by atoms with Gasteiger partial charge in [-0.05, 0) is 87.6 Å². The number of hydrogen-bond acceptors (Lipinski definition) is 6. The highest BCUT2D eigenvalue weighted by molar-refractivity contribution is 7.91. The van der Waals surface area contributed by atoms with E-state index in [0.717, 1.165) is 75.1 Å². The molecule has 0 spiro atoms. The summed E-state index contributed by atoms with van der Waals surface area (Å²) in [6.45, 7) is 11.9. The first-order chi connectivity index (χ1) is 19.4. The topological polar surface area (TPSA) is 107 Å². The van der Waals surface area contributed by atoms with Crippen LogP contribution in [0.4, 0.5) is 10.1 Å². The standard InChI is InChI=1S/C31H45FN4O4S/c1-5-35(6-2)14-15-40-22-12-10-20(11-13-22)34-25-17-21(16-24(32)28(25)30(33)37)36-26-9-7-8-23(26)29-27(36)18-31(3,4)19-41(29,38)39/h16-17,20,22,34H,5-15,18-19H2,1-4H3,(H2,33,37). The van der Waals surface area contributed by atoms with Crippen molar-refractivity contribution in [3.63, 3.8) is 0 Å². The highest BCUT2D eigenvalue weighted by Gasteiger charge is 2.42. The van der Waals surface area contributed by atoms with Gasteiger partial charge in [0.2, 0.25) is 0 Å². The molecule has 226 valence electrons. The van der Waals surface area contributed by atoms with Crippen LogP contribution in [0.1, 0.15) is 87.1 Å². The predicted octanol–water partition coefficient (Wildman–Crippen LogP) is 4.64. The maximum atomic E-state index is 15.6. The van der Waals surface area contributed by atoms with Crippen LogP contribution in [0.5, 0.6) is 0 Å². The maximum absolute atomic E-state index is 15.6. The molecule has 2 heterocycles. The van der Waals surface area contributed by atoms with E-state index in [1.807, 2.05) is 18.4 Å². The van der Waals surface area contributed by atoms with Gasteiger partial charge >= 0.3 is 0 Å². The summed E-state index contributed by atoms with van der Waals surface area (Å²) in [5.41, 5.74) is 8.52. The number of carbonyl (C=O) groups is 1. The van der Waals surface area contributed by atoms with Gasteiger partial charge in [0.05, 0.1) is 40.3 Å². The first-order valence-corrected chi connectivity index (χ1v) is 16.8. The maximum Gasteiger partial charge on any atom is 0.253 e. The van der Waals surface area contributed by atoms with E-state index in [9.17, 15) is 13.2 Å². The molecule has 1 aromatic carbocycles. The molecule has 41 heavy (non-hydrogen) atoms. The van der Waals surface area contributed by atoms with Crippen LogP contribution in [-0.4, -0.2) is 67.9 Å². The number of hydrogen-bond donors (Lipinski definition) is 2. The molecule has 1 aliphatic heterocycles. The molecule has 0 unspecified atom stereocenters. The molecule has 3 aliphatic rings. The highest BCUT2D eigenvalue weighted by atomic mass is 32.2. The smallest absolute Gasteiger partial charge is 0.253 e. The summed E-state index contributed by atoms with van der Waals surface area (Å²) in [5, 5.41) is 3.43. The largest absolute Gasteiger partial charge is 0.382 e. The van der Waals surface area contributed by atoms with Gasteiger partial charge in [-0.25, -0.2) is 12.8 Å². The summed E-state index contributed by atoms with van der Waals surface area (Å²) in [4.78, 5) is 15.2. The van der Waals surface area contributed by atoms with Crippen molar-refractivity contribution in [1.82, 2.24) is 9.47 Å². The number of benzene rings is 1.